The zero-order valence-corrected chi connectivity index (χ0v) is 11.7. The first-order valence-electron chi connectivity index (χ1n) is 5.41. The molecule has 0 saturated carbocycles. The lowest BCUT2D eigenvalue weighted by atomic mass is 10.2. The lowest BCUT2D eigenvalue weighted by Crippen LogP contribution is -2.17. The van der Waals surface area contributed by atoms with Gasteiger partial charge in [-0.2, -0.15) is 0 Å². The molecule has 1 heterocycles. The molecule has 3 nitrogen and oxygen atoms in total. The van der Waals surface area contributed by atoms with Gasteiger partial charge in [-0.05, 0) is 55.8 Å². The van der Waals surface area contributed by atoms with Crippen molar-refractivity contribution in [1.29, 1.82) is 0 Å². The van der Waals surface area contributed by atoms with E-state index in [4.69, 9.17) is 9.47 Å². The number of pyridine rings is 1. The second kappa shape index (κ2) is 6.33. The van der Waals surface area contributed by atoms with Crippen LogP contribution < -0.4 is 0 Å². The Balaban J connectivity index is 2.82. The number of hydrogen-bond acceptors (Lipinski definition) is 3. The molecule has 0 aliphatic carbocycles. The summed E-state index contributed by atoms with van der Waals surface area (Å²) in [7, 11) is 0. The van der Waals surface area contributed by atoms with Crippen LogP contribution in [0.15, 0.2) is 22.9 Å². The van der Waals surface area contributed by atoms with Crippen LogP contribution in [0.25, 0.3) is 0 Å². The molecule has 0 unspecified atom stereocenters. The van der Waals surface area contributed by atoms with Gasteiger partial charge < -0.3 is 9.47 Å². The van der Waals surface area contributed by atoms with Crippen LogP contribution in [0.3, 0.4) is 0 Å². The van der Waals surface area contributed by atoms with Crippen LogP contribution >= 0.6 is 15.9 Å². The predicted molar refractivity (Wildman–Crippen MR) is 67.1 cm³/mol. The lowest BCUT2D eigenvalue weighted by molar-refractivity contribution is -0.185. The Labute approximate surface area is 105 Å². The largest absolute Gasteiger partial charge is 0.346 e. The summed E-state index contributed by atoms with van der Waals surface area (Å²) in [4.78, 5) is 4.09. The third-order valence-electron chi connectivity index (χ3n) is 1.81. The van der Waals surface area contributed by atoms with Crippen molar-refractivity contribution in [2.75, 3.05) is 0 Å². The van der Waals surface area contributed by atoms with Crippen LogP contribution in [0.2, 0.25) is 0 Å². The van der Waals surface area contributed by atoms with Gasteiger partial charge in [0.2, 0.25) is 0 Å². The molecule has 0 atom stereocenters. The van der Waals surface area contributed by atoms with E-state index in [-0.39, 0.29) is 18.5 Å². The zero-order chi connectivity index (χ0) is 12.1. The minimum atomic E-state index is -0.334. The molecule has 0 aromatic carbocycles. The SMILES string of the molecule is CC(C)OC(OC(C)C)c1ccnc(Br)c1. The summed E-state index contributed by atoms with van der Waals surface area (Å²) in [6.45, 7) is 7.97. The molecule has 0 amide bonds. The van der Waals surface area contributed by atoms with Crippen molar-refractivity contribution in [2.45, 2.75) is 46.2 Å². The quantitative estimate of drug-likeness (QED) is 0.611. The fourth-order valence-electron chi connectivity index (χ4n) is 1.25. The highest BCUT2D eigenvalue weighted by Gasteiger charge is 2.16. The highest BCUT2D eigenvalue weighted by Crippen LogP contribution is 2.23. The maximum atomic E-state index is 5.73. The molecule has 0 N–H and O–H groups in total. The van der Waals surface area contributed by atoms with Gasteiger partial charge in [-0.3, -0.25) is 0 Å². The average Bonchev–Trinajstić information content (AvgIpc) is 2.15. The number of rotatable bonds is 5. The van der Waals surface area contributed by atoms with Gasteiger partial charge in [-0.1, -0.05) is 0 Å². The van der Waals surface area contributed by atoms with Gasteiger partial charge in [0, 0.05) is 11.8 Å². The Morgan fingerprint density at radius 3 is 2.12 bits per heavy atom. The van der Waals surface area contributed by atoms with E-state index in [0.717, 1.165) is 10.2 Å². The fraction of sp³-hybridized carbons (Fsp3) is 0.583. The maximum absolute atomic E-state index is 5.73. The van der Waals surface area contributed by atoms with Crippen LogP contribution in [0.5, 0.6) is 0 Å². The molecule has 1 rings (SSSR count). The lowest BCUT2D eigenvalue weighted by Gasteiger charge is -2.23. The fourth-order valence-corrected chi connectivity index (χ4v) is 1.63. The Kier molecular flexibility index (Phi) is 5.38. The molecule has 0 radical (unpaired) electrons. The van der Waals surface area contributed by atoms with Crippen molar-refractivity contribution in [3.8, 4) is 0 Å². The molecule has 0 aliphatic heterocycles. The first-order valence-corrected chi connectivity index (χ1v) is 6.20. The minimum Gasteiger partial charge on any atom is -0.346 e. The Hall–Kier alpha value is -0.450. The van der Waals surface area contributed by atoms with Crippen LogP contribution in [-0.2, 0) is 9.47 Å². The van der Waals surface area contributed by atoms with Crippen molar-refractivity contribution < 1.29 is 9.47 Å². The second-order valence-electron chi connectivity index (χ2n) is 4.11. The van der Waals surface area contributed by atoms with Gasteiger partial charge in [-0.25, -0.2) is 4.98 Å². The maximum Gasteiger partial charge on any atom is 0.184 e. The van der Waals surface area contributed by atoms with Crippen molar-refractivity contribution in [3.05, 3.63) is 28.5 Å². The molecule has 90 valence electrons. The zero-order valence-electron chi connectivity index (χ0n) is 10.1. The molecular formula is C12H18BrNO2. The number of halogens is 1. The van der Waals surface area contributed by atoms with Crippen LogP contribution in [-0.4, -0.2) is 17.2 Å². The van der Waals surface area contributed by atoms with Crippen molar-refractivity contribution in [2.24, 2.45) is 0 Å². The smallest absolute Gasteiger partial charge is 0.184 e. The minimum absolute atomic E-state index is 0.121. The molecule has 0 spiro atoms. The van der Waals surface area contributed by atoms with E-state index in [9.17, 15) is 0 Å². The van der Waals surface area contributed by atoms with Crippen LogP contribution in [0.4, 0.5) is 0 Å². The Bertz CT molecular complexity index is 319. The van der Waals surface area contributed by atoms with Crippen molar-refractivity contribution in [3.63, 3.8) is 0 Å². The topological polar surface area (TPSA) is 31.4 Å². The van der Waals surface area contributed by atoms with Gasteiger partial charge >= 0.3 is 0 Å². The number of ether oxygens (including phenoxy) is 2. The third-order valence-corrected chi connectivity index (χ3v) is 2.25. The standard InChI is InChI=1S/C12H18BrNO2/c1-8(2)15-12(16-9(3)4)10-5-6-14-11(13)7-10/h5-9,12H,1-4H3. The van der Waals surface area contributed by atoms with Gasteiger partial charge in [0.15, 0.2) is 6.29 Å². The summed E-state index contributed by atoms with van der Waals surface area (Å²) in [5.74, 6) is 0. The first kappa shape index (κ1) is 13.6. The summed E-state index contributed by atoms with van der Waals surface area (Å²) in [5, 5.41) is 0. The second-order valence-corrected chi connectivity index (χ2v) is 4.93. The molecule has 0 bridgehead atoms. The number of hydrogen-bond donors (Lipinski definition) is 0. The first-order chi connectivity index (χ1) is 7.49. The summed E-state index contributed by atoms with van der Waals surface area (Å²) in [6.07, 6.45) is 1.64. The molecule has 0 aliphatic rings. The monoisotopic (exact) mass is 287 g/mol. The summed E-state index contributed by atoms with van der Waals surface area (Å²) < 4.78 is 12.2. The Morgan fingerprint density at radius 2 is 1.69 bits per heavy atom. The van der Waals surface area contributed by atoms with E-state index in [0.29, 0.717) is 0 Å². The normalized spacial score (nSPS) is 11.8. The molecular weight excluding hydrogens is 270 g/mol. The van der Waals surface area contributed by atoms with E-state index in [2.05, 4.69) is 20.9 Å². The van der Waals surface area contributed by atoms with Gasteiger partial charge in [0.25, 0.3) is 0 Å². The number of nitrogens with zero attached hydrogens (tertiary/aromatic N) is 1. The molecule has 1 aromatic rings. The molecule has 16 heavy (non-hydrogen) atoms. The number of aromatic nitrogens is 1. The summed E-state index contributed by atoms with van der Waals surface area (Å²) in [6, 6.07) is 3.82. The van der Waals surface area contributed by atoms with Gasteiger partial charge in [0.1, 0.15) is 4.60 Å². The van der Waals surface area contributed by atoms with Crippen molar-refractivity contribution >= 4 is 15.9 Å². The van der Waals surface area contributed by atoms with E-state index < -0.39 is 0 Å². The van der Waals surface area contributed by atoms with Gasteiger partial charge in [-0.15, -0.1) is 0 Å². The molecule has 1 aromatic heterocycles. The van der Waals surface area contributed by atoms with E-state index >= 15 is 0 Å². The Morgan fingerprint density at radius 1 is 1.12 bits per heavy atom. The molecule has 0 saturated heterocycles. The summed E-state index contributed by atoms with van der Waals surface area (Å²) in [5.41, 5.74) is 0.976. The highest BCUT2D eigenvalue weighted by molar-refractivity contribution is 9.10. The summed E-state index contributed by atoms with van der Waals surface area (Å²) >= 11 is 3.34. The van der Waals surface area contributed by atoms with Crippen LogP contribution in [0.1, 0.15) is 39.5 Å². The predicted octanol–water partition coefficient (Wildman–Crippen LogP) is 3.69. The third kappa shape index (κ3) is 4.60. The molecule has 4 heteroatoms. The van der Waals surface area contributed by atoms with Crippen molar-refractivity contribution in [1.82, 2.24) is 4.98 Å². The van der Waals surface area contributed by atoms with Gasteiger partial charge in [0.05, 0.1) is 12.2 Å². The van der Waals surface area contributed by atoms with E-state index in [1.165, 1.54) is 0 Å². The van der Waals surface area contributed by atoms with Crippen LogP contribution in [0, 0.1) is 0 Å². The molecule has 0 fully saturated rings. The van der Waals surface area contributed by atoms with E-state index in [1.807, 2.05) is 39.8 Å². The van der Waals surface area contributed by atoms with E-state index in [1.54, 1.807) is 6.20 Å². The highest BCUT2D eigenvalue weighted by atomic mass is 79.9. The average molecular weight is 288 g/mol.